The van der Waals surface area contributed by atoms with Gasteiger partial charge in [-0.15, -0.1) is 0 Å². The van der Waals surface area contributed by atoms with Crippen LogP contribution in [0.5, 0.6) is 0 Å². The molecule has 0 aliphatic heterocycles. The average Bonchev–Trinajstić information content (AvgIpc) is 3.24. The summed E-state index contributed by atoms with van der Waals surface area (Å²) in [5, 5.41) is 46.6. The Labute approximate surface area is 229 Å². The van der Waals surface area contributed by atoms with Crippen molar-refractivity contribution in [2.24, 2.45) is 46.8 Å². The fourth-order valence-corrected chi connectivity index (χ4v) is 11.1. The molecule has 4 bridgehead atoms. The third-order valence-electron chi connectivity index (χ3n) is 12.5. The fraction of sp³-hybridized carbons (Fsp3) is 0.806. The molecule has 0 aromatic heterocycles. The third kappa shape index (κ3) is 3.15. The third-order valence-corrected chi connectivity index (χ3v) is 12.5. The lowest BCUT2D eigenvalue weighted by molar-refractivity contribution is -0.219. The van der Waals surface area contributed by atoms with Gasteiger partial charge in [0.2, 0.25) is 0 Å². The van der Waals surface area contributed by atoms with Crippen LogP contribution in [0.4, 0.5) is 4.79 Å². The molecule has 8 atom stereocenters. The van der Waals surface area contributed by atoms with Gasteiger partial charge in [0.15, 0.2) is 5.78 Å². The molecule has 0 heterocycles. The van der Waals surface area contributed by atoms with Crippen molar-refractivity contribution in [3.63, 3.8) is 0 Å². The van der Waals surface area contributed by atoms with Gasteiger partial charge in [0.1, 0.15) is 22.9 Å². The molecule has 4 N–H and O–H groups in total. The second kappa shape index (κ2) is 7.75. The quantitative estimate of drug-likeness (QED) is 0.316. The highest BCUT2D eigenvalue weighted by atomic mass is 16.7. The number of aliphatic hydroxyl groups is 4. The zero-order chi connectivity index (χ0) is 27.9. The van der Waals surface area contributed by atoms with Crippen molar-refractivity contribution in [1.82, 2.24) is 0 Å². The summed E-state index contributed by atoms with van der Waals surface area (Å²) in [6.45, 7) is 6.76. The maximum absolute atomic E-state index is 13.5. The van der Waals surface area contributed by atoms with E-state index in [2.05, 4.69) is 0 Å². The summed E-state index contributed by atoms with van der Waals surface area (Å²) in [6, 6.07) is 0. The summed E-state index contributed by atoms with van der Waals surface area (Å²) < 4.78 is 12.2. The number of aliphatic hydroxyl groups excluding tert-OH is 1. The summed E-state index contributed by atoms with van der Waals surface area (Å²) in [6.07, 6.45) is 7.56. The van der Waals surface area contributed by atoms with Gasteiger partial charge in [0.05, 0.1) is 12.2 Å². The number of ketones is 1. The first-order valence-electron chi connectivity index (χ1n) is 14.8. The molecule has 39 heavy (non-hydrogen) atoms. The number of hydrogen-bond acceptors (Lipinski definition) is 8. The van der Waals surface area contributed by atoms with Gasteiger partial charge in [-0.2, -0.15) is 0 Å². The molecule has 0 amide bonds. The Morgan fingerprint density at radius 2 is 1.62 bits per heavy atom. The summed E-state index contributed by atoms with van der Waals surface area (Å²) in [4.78, 5) is 26.7. The van der Waals surface area contributed by atoms with E-state index < -0.39 is 69.5 Å². The van der Waals surface area contributed by atoms with E-state index in [-0.39, 0.29) is 13.0 Å². The Morgan fingerprint density at radius 3 is 2.18 bits per heavy atom. The van der Waals surface area contributed by atoms with Crippen LogP contribution in [-0.2, 0) is 14.3 Å². The molecule has 0 unspecified atom stereocenters. The molecule has 0 radical (unpaired) electrons. The molecular weight excluding hydrogens is 500 g/mol. The van der Waals surface area contributed by atoms with Crippen molar-refractivity contribution < 1.29 is 39.5 Å². The van der Waals surface area contributed by atoms with Gasteiger partial charge in [0.25, 0.3) is 0 Å². The van der Waals surface area contributed by atoms with Crippen LogP contribution in [-0.4, -0.2) is 67.5 Å². The summed E-state index contributed by atoms with van der Waals surface area (Å²) in [5.74, 6) is -1.72. The highest BCUT2D eigenvalue weighted by Gasteiger charge is 2.85. The van der Waals surface area contributed by atoms with Crippen molar-refractivity contribution in [1.29, 1.82) is 0 Å². The van der Waals surface area contributed by atoms with E-state index in [1.165, 1.54) is 19.3 Å². The van der Waals surface area contributed by atoms with Crippen molar-refractivity contribution in [2.75, 3.05) is 6.61 Å². The highest BCUT2D eigenvalue weighted by molar-refractivity contribution is 6.04. The van der Waals surface area contributed by atoms with Gasteiger partial charge >= 0.3 is 6.16 Å². The van der Waals surface area contributed by atoms with Crippen LogP contribution in [0.2, 0.25) is 0 Å². The first-order chi connectivity index (χ1) is 18.2. The molecule has 8 rings (SSSR count). The van der Waals surface area contributed by atoms with Gasteiger partial charge in [-0.05, 0) is 74.3 Å². The molecular formula is C31H42O8. The molecule has 0 spiro atoms. The minimum atomic E-state index is -1.92. The Morgan fingerprint density at radius 1 is 1.03 bits per heavy atom. The average molecular weight is 543 g/mol. The van der Waals surface area contributed by atoms with Crippen LogP contribution in [0.1, 0.15) is 72.6 Å². The standard InChI is InChI=1S/C31H42O8/c1-15-5-22-29(35,24(15)33)13-20(14-32)9-21-23-27(3,4)31(23,37)25(16(2)30(21,22)36)38-26(34)39-28-10-17-6-18(11-28)8-19(7-17)12-28/h5,9,16-19,21-23,25,32,35-37H,6-8,10-14H2,1-4H3/t16-,17?,18?,19?,21+,22-,23+,25-,28?,29-,30-,31-/m1/s1. The van der Waals surface area contributed by atoms with E-state index in [1.807, 2.05) is 13.8 Å². The van der Waals surface area contributed by atoms with E-state index in [4.69, 9.17) is 9.47 Å². The molecule has 8 nitrogen and oxygen atoms in total. The number of carbonyl (C=O) groups excluding carboxylic acids is 2. The van der Waals surface area contributed by atoms with Crippen LogP contribution >= 0.6 is 0 Å². The van der Waals surface area contributed by atoms with Crippen LogP contribution in [0.25, 0.3) is 0 Å². The summed E-state index contributed by atoms with van der Waals surface area (Å²) >= 11 is 0. The van der Waals surface area contributed by atoms with E-state index >= 15 is 0 Å². The van der Waals surface area contributed by atoms with Crippen molar-refractivity contribution in [3.8, 4) is 0 Å². The number of ether oxygens (including phenoxy) is 2. The lowest BCUT2D eigenvalue weighted by Crippen LogP contribution is -2.66. The molecule has 8 aliphatic rings. The lowest BCUT2D eigenvalue weighted by Gasteiger charge is -2.55. The molecule has 0 aromatic carbocycles. The maximum atomic E-state index is 13.5. The van der Waals surface area contributed by atoms with E-state index in [1.54, 1.807) is 26.0 Å². The molecule has 0 saturated heterocycles. The number of fused-ring (bicyclic) bond motifs is 5. The minimum absolute atomic E-state index is 0.0997. The SMILES string of the molecule is CC1=C[C@H]2[C@@]3(O)[C@H](C)[C@@H](OC(=O)OC45CC6CC(CC(C6)C4)C5)[C@]4(O)[C@@H]([C@@H]3C=C(CO)C[C@]2(O)C1=O)C4(C)C. The van der Waals surface area contributed by atoms with Crippen molar-refractivity contribution in [2.45, 2.75) is 101 Å². The van der Waals surface area contributed by atoms with E-state index in [9.17, 15) is 30.0 Å². The minimum Gasteiger partial charge on any atom is -0.428 e. The van der Waals surface area contributed by atoms with Gasteiger partial charge in [-0.1, -0.05) is 32.9 Å². The first kappa shape index (κ1) is 26.2. The smallest absolute Gasteiger partial charge is 0.428 e. The highest BCUT2D eigenvalue weighted by Crippen LogP contribution is 2.75. The van der Waals surface area contributed by atoms with Crippen LogP contribution in [0.3, 0.4) is 0 Å². The van der Waals surface area contributed by atoms with Gasteiger partial charge < -0.3 is 29.9 Å². The Balaban J connectivity index is 1.24. The molecule has 6 fully saturated rings. The maximum Gasteiger partial charge on any atom is 0.509 e. The topological polar surface area (TPSA) is 134 Å². The van der Waals surface area contributed by atoms with Crippen LogP contribution in [0.15, 0.2) is 23.3 Å². The van der Waals surface area contributed by atoms with Crippen LogP contribution in [0, 0.1) is 46.8 Å². The van der Waals surface area contributed by atoms with Crippen molar-refractivity contribution >= 4 is 11.9 Å². The van der Waals surface area contributed by atoms with Gasteiger partial charge in [-0.25, -0.2) is 4.79 Å². The predicted octanol–water partition coefficient (Wildman–Crippen LogP) is 3.06. The Bertz CT molecular complexity index is 1170. The van der Waals surface area contributed by atoms with Crippen LogP contribution < -0.4 is 0 Å². The predicted molar refractivity (Wildman–Crippen MR) is 139 cm³/mol. The van der Waals surface area contributed by atoms with E-state index in [0.29, 0.717) is 28.9 Å². The Hall–Kier alpha value is -1.74. The molecule has 8 heteroatoms. The number of hydrogen-bond donors (Lipinski definition) is 4. The van der Waals surface area contributed by atoms with Gasteiger partial charge in [0, 0.05) is 35.5 Å². The number of Topliss-reactive ketones (excluding diaryl/α,β-unsaturated/α-hetero) is 1. The fourth-order valence-electron chi connectivity index (χ4n) is 11.1. The molecule has 6 saturated carbocycles. The monoisotopic (exact) mass is 542 g/mol. The summed E-state index contributed by atoms with van der Waals surface area (Å²) in [7, 11) is 0. The second-order valence-corrected chi connectivity index (χ2v) is 15.0. The molecule has 0 aromatic rings. The zero-order valence-electron chi connectivity index (χ0n) is 23.4. The summed E-state index contributed by atoms with van der Waals surface area (Å²) in [5.41, 5.74) is -5.50. The zero-order valence-corrected chi connectivity index (χ0v) is 23.4. The largest absolute Gasteiger partial charge is 0.509 e. The normalized spacial score (nSPS) is 54.1. The van der Waals surface area contributed by atoms with Crippen molar-refractivity contribution in [3.05, 3.63) is 23.3 Å². The first-order valence-corrected chi connectivity index (χ1v) is 14.8. The number of carbonyl (C=O) groups is 2. The second-order valence-electron chi connectivity index (χ2n) is 15.0. The number of rotatable bonds is 3. The molecule has 214 valence electrons. The molecule has 8 aliphatic carbocycles. The van der Waals surface area contributed by atoms with Gasteiger partial charge in [-0.3, -0.25) is 4.79 Å². The Kier molecular flexibility index (Phi) is 5.20. The van der Waals surface area contributed by atoms with E-state index in [0.717, 1.165) is 19.3 Å². The lowest BCUT2D eigenvalue weighted by atomic mass is 9.54.